The van der Waals surface area contributed by atoms with Gasteiger partial charge in [0.15, 0.2) is 0 Å². The van der Waals surface area contributed by atoms with Crippen LogP contribution in [0.25, 0.3) is 16.7 Å². The summed E-state index contributed by atoms with van der Waals surface area (Å²) in [6.45, 7) is 2.06. The van der Waals surface area contributed by atoms with Gasteiger partial charge in [0, 0.05) is 11.5 Å². The third kappa shape index (κ3) is 2.33. The SMILES string of the molecule is CCOC(=O)c1cc2ccc(=O)n(-c3ccccc3)c2[nH]1. The van der Waals surface area contributed by atoms with E-state index in [2.05, 4.69) is 4.98 Å². The Bertz CT molecular complexity index is 847. The van der Waals surface area contributed by atoms with Crippen LogP contribution in [0.4, 0.5) is 0 Å². The highest BCUT2D eigenvalue weighted by Gasteiger charge is 2.13. The first-order chi connectivity index (χ1) is 10.2. The number of hydrogen-bond donors (Lipinski definition) is 1. The van der Waals surface area contributed by atoms with Crippen molar-refractivity contribution in [1.29, 1.82) is 0 Å². The van der Waals surface area contributed by atoms with Gasteiger partial charge in [-0.2, -0.15) is 0 Å². The van der Waals surface area contributed by atoms with Gasteiger partial charge in [-0.1, -0.05) is 18.2 Å². The Morgan fingerprint density at radius 2 is 1.95 bits per heavy atom. The molecule has 1 aromatic carbocycles. The average Bonchev–Trinajstić information content (AvgIpc) is 2.92. The number of para-hydroxylation sites is 1. The summed E-state index contributed by atoms with van der Waals surface area (Å²) >= 11 is 0. The van der Waals surface area contributed by atoms with E-state index in [1.807, 2.05) is 30.3 Å². The molecule has 0 amide bonds. The molecule has 2 heterocycles. The molecule has 0 atom stereocenters. The second-order valence-corrected chi connectivity index (χ2v) is 4.55. The number of ether oxygens (including phenoxy) is 1. The monoisotopic (exact) mass is 282 g/mol. The van der Waals surface area contributed by atoms with Crippen molar-refractivity contribution in [3.05, 3.63) is 64.6 Å². The van der Waals surface area contributed by atoms with Crippen LogP contribution in [-0.4, -0.2) is 22.1 Å². The average molecular weight is 282 g/mol. The zero-order valence-corrected chi connectivity index (χ0v) is 11.5. The maximum Gasteiger partial charge on any atom is 0.354 e. The van der Waals surface area contributed by atoms with Gasteiger partial charge in [0.1, 0.15) is 11.3 Å². The van der Waals surface area contributed by atoms with Crippen molar-refractivity contribution >= 4 is 17.0 Å². The van der Waals surface area contributed by atoms with Crippen molar-refractivity contribution < 1.29 is 9.53 Å². The van der Waals surface area contributed by atoms with E-state index >= 15 is 0 Å². The molecule has 5 nitrogen and oxygen atoms in total. The number of rotatable bonds is 3. The van der Waals surface area contributed by atoms with Crippen molar-refractivity contribution in [1.82, 2.24) is 9.55 Å². The molecule has 21 heavy (non-hydrogen) atoms. The molecule has 0 spiro atoms. The van der Waals surface area contributed by atoms with Crippen molar-refractivity contribution in [3.63, 3.8) is 0 Å². The molecule has 0 radical (unpaired) electrons. The van der Waals surface area contributed by atoms with Crippen LogP contribution in [0.1, 0.15) is 17.4 Å². The third-order valence-electron chi connectivity index (χ3n) is 3.19. The summed E-state index contributed by atoms with van der Waals surface area (Å²) in [6.07, 6.45) is 0. The van der Waals surface area contributed by atoms with Crippen LogP contribution >= 0.6 is 0 Å². The number of aromatic amines is 1. The van der Waals surface area contributed by atoms with Gasteiger partial charge in [0.05, 0.1) is 12.3 Å². The van der Waals surface area contributed by atoms with Gasteiger partial charge in [0.25, 0.3) is 5.56 Å². The molecule has 0 bridgehead atoms. The quantitative estimate of drug-likeness (QED) is 0.751. The van der Waals surface area contributed by atoms with Crippen LogP contribution in [-0.2, 0) is 4.74 Å². The van der Waals surface area contributed by atoms with Crippen LogP contribution in [0, 0.1) is 0 Å². The minimum atomic E-state index is -0.430. The van der Waals surface area contributed by atoms with Crippen LogP contribution in [0.5, 0.6) is 0 Å². The fourth-order valence-corrected chi connectivity index (χ4v) is 2.27. The topological polar surface area (TPSA) is 64.1 Å². The fourth-order valence-electron chi connectivity index (χ4n) is 2.27. The van der Waals surface area contributed by atoms with E-state index in [4.69, 9.17) is 4.74 Å². The smallest absolute Gasteiger partial charge is 0.354 e. The lowest BCUT2D eigenvalue weighted by molar-refractivity contribution is 0.0520. The highest BCUT2D eigenvalue weighted by molar-refractivity contribution is 5.94. The van der Waals surface area contributed by atoms with E-state index in [0.717, 1.165) is 11.1 Å². The van der Waals surface area contributed by atoms with Crippen LogP contribution < -0.4 is 5.56 Å². The number of pyridine rings is 1. The number of carbonyl (C=O) groups is 1. The Kier molecular flexibility index (Phi) is 3.31. The molecule has 3 rings (SSSR count). The highest BCUT2D eigenvalue weighted by atomic mass is 16.5. The number of carbonyl (C=O) groups excluding carboxylic acids is 1. The predicted octanol–water partition coefficient (Wildman–Crippen LogP) is 2.50. The Labute approximate surface area is 120 Å². The van der Waals surface area contributed by atoms with E-state index in [1.54, 1.807) is 19.1 Å². The predicted molar refractivity (Wildman–Crippen MR) is 79.9 cm³/mol. The van der Waals surface area contributed by atoms with Gasteiger partial charge in [-0.25, -0.2) is 4.79 Å². The largest absolute Gasteiger partial charge is 0.461 e. The molecule has 0 aliphatic rings. The fraction of sp³-hybridized carbons (Fsp3) is 0.125. The van der Waals surface area contributed by atoms with Gasteiger partial charge in [-0.3, -0.25) is 9.36 Å². The molecule has 1 N–H and O–H groups in total. The number of nitrogens with zero attached hydrogens (tertiary/aromatic N) is 1. The second kappa shape index (κ2) is 5.28. The maximum atomic E-state index is 12.2. The number of nitrogens with one attached hydrogen (secondary N) is 1. The minimum Gasteiger partial charge on any atom is -0.461 e. The molecular weight excluding hydrogens is 268 g/mol. The molecule has 2 aromatic heterocycles. The summed E-state index contributed by atoms with van der Waals surface area (Å²) < 4.78 is 6.52. The lowest BCUT2D eigenvalue weighted by Gasteiger charge is -2.06. The van der Waals surface area contributed by atoms with Gasteiger partial charge in [-0.05, 0) is 31.2 Å². The number of fused-ring (bicyclic) bond motifs is 1. The van der Waals surface area contributed by atoms with Gasteiger partial charge in [-0.15, -0.1) is 0 Å². The van der Waals surface area contributed by atoms with Crippen LogP contribution in [0.2, 0.25) is 0 Å². The number of benzene rings is 1. The summed E-state index contributed by atoms with van der Waals surface area (Å²) in [5.74, 6) is -0.430. The standard InChI is InChI=1S/C16H14N2O3/c1-2-21-16(20)13-10-11-8-9-14(19)18(15(11)17-13)12-6-4-3-5-7-12/h3-10,17H,2H2,1H3. The Balaban J connectivity index is 2.22. The Morgan fingerprint density at radius 3 is 2.67 bits per heavy atom. The van der Waals surface area contributed by atoms with Crippen LogP contribution in [0.15, 0.2) is 53.3 Å². The Morgan fingerprint density at radius 1 is 1.19 bits per heavy atom. The molecule has 5 heteroatoms. The minimum absolute atomic E-state index is 0.161. The summed E-state index contributed by atoms with van der Waals surface area (Å²) in [6, 6.07) is 14.1. The first kappa shape index (κ1) is 13.2. The highest BCUT2D eigenvalue weighted by Crippen LogP contribution is 2.17. The van der Waals surface area contributed by atoms with Gasteiger partial charge < -0.3 is 9.72 Å². The zero-order valence-electron chi connectivity index (χ0n) is 11.5. The normalized spacial score (nSPS) is 10.7. The van der Waals surface area contributed by atoms with E-state index in [0.29, 0.717) is 17.9 Å². The summed E-state index contributed by atoms with van der Waals surface area (Å²) in [5.41, 5.74) is 1.50. The van der Waals surface area contributed by atoms with Crippen molar-refractivity contribution in [2.24, 2.45) is 0 Å². The molecule has 106 valence electrons. The summed E-state index contributed by atoms with van der Waals surface area (Å²) in [4.78, 5) is 26.9. The lowest BCUT2D eigenvalue weighted by atomic mass is 10.2. The first-order valence-corrected chi connectivity index (χ1v) is 6.68. The zero-order chi connectivity index (χ0) is 14.8. The number of esters is 1. The summed E-state index contributed by atoms with van der Waals surface area (Å²) in [5, 5.41) is 0.779. The number of H-pyrrole nitrogens is 1. The molecule has 0 aliphatic heterocycles. The van der Waals surface area contributed by atoms with E-state index < -0.39 is 5.97 Å². The van der Waals surface area contributed by atoms with Crippen LogP contribution in [0.3, 0.4) is 0 Å². The van der Waals surface area contributed by atoms with E-state index in [1.165, 1.54) is 10.6 Å². The van der Waals surface area contributed by atoms with Gasteiger partial charge >= 0.3 is 5.97 Å². The molecule has 0 unspecified atom stereocenters. The van der Waals surface area contributed by atoms with Crippen molar-refractivity contribution in [3.8, 4) is 5.69 Å². The first-order valence-electron chi connectivity index (χ1n) is 6.68. The van der Waals surface area contributed by atoms with E-state index in [9.17, 15) is 9.59 Å². The van der Waals surface area contributed by atoms with Crippen molar-refractivity contribution in [2.45, 2.75) is 6.92 Å². The molecule has 0 fully saturated rings. The van der Waals surface area contributed by atoms with Crippen molar-refractivity contribution in [2.75, 3.05) is 6.61 Å². The number of hydrogen-bond acceptors (Lipinski definition) is 3. The maximum absolute atomic E-state index is 12.2. The second-order valence-electron chi connectivity index (χ2n) is 4.55. The third-order valence-corrected chi connectivity index (χ3v) is 3.19. The van der Waals surface area contributed by atoms with Gasteiger partial charge in [0.2, 0.25) is 0 Å². The molecule has 0 aliphatic carbocycles. The molecular formula is C16H14N2O3. The molecule has 0 saturated heterocycles. The number of aromatic nitrogens is 2. The summed E-state index contributed by atoms with van der Waals surface area (Å²) in [7, 11) is 0. The Hall–Kier alpha value is -2.82. The lowest BCUT2D eigenvalue weighted by Crippen LogP contribution is -2.17. The molecule has 3 aromatic rings. The van der Waals surface area contributed by atoms with E-state index in [-0.39, 0.29) is 5.56 Å². The molecule has 0 saturated carbocycles.